The van der Waals surface area contributed by atoms with Gasteiger partial charge >= 0.3 is 0 Å². The van der Waals surface area contributed by atoms with E-state index in [2.05, 4.69) is 21.2 Å². The summed E-state index contributed by atoms with van der Waals surface area (Å²) in [6, 6.07) is 3.86. The first-order chi connectivity index (χ1) is 9.79. The highest BCUT2D eigenvalue weighted by molar-refractivity contribution is 9.10. The van der Waals surface area contributed by atoms with E-state index in [4.69, 9.17) is 11.5 Å². The molecule has 0 saturated heterocycles. The number of halogens is 4. The van der Waals surface area contributed by atoms with E-state index in [0.29, 0.717) is 0 Å². The second kappa shape index (κ2) is 5.65. The summed E-state index contributed by atoms with van der Waals surface area (Å²) >= 11 is 2.93. The molecule has 0 atom stereocenters. The third-order valence-electron chi connectivity index (χ3n) is 2.67. The molecule has 5 N–H and O–H groups in total. The molecule has 2 aromatic carbocycles. The molecule has 0 aliphatic heterocycles. The van der Waals surface area contributed by atoms with Crippen LogP contribution in [0.5, 0.6) is 0 Å². The Morgan fingerprint density at radius 1 is 1.05 bits per heavy atom. The lowest BCUT2D eigenvalue weighted by molar-refractivity contribution is 0.100. The third kappa shape index (κ3) is 3.10. The Bertz CT molecular complexity index is 714. The highest BCUT2D eigenvalue weighted by Crippen LogP contribution is 2.30. The number of hydrogen-bond donors (Lipinski definition) is 3. The van der Waals surface area contributed by atoms with Gasteiger partial charge in [0.2, 0.25) is 0 Å². The van der Waals surface area contributed by atoms with Crippen molar-refractivity contribution >= 4 is 38.9 Å². The number of amides is 1. The molecule has 0 aliphatic carbocycles. The van der Waals surface area contributed by atoms with Crippen molar-refractivity contribution in [2.75, 3.05) is 11.1 Å². The second-order valence-corrected chi connectivity index (χ2v) is 5.07. The molecule has 0 saturated carbocycles. The summed E-state index contributed by atoms with van der Waals surface area (Å²) in [5.41, 5.74) is 9.32. The van der Waals surface area contributed by atoms with Crippen LogP contribution in [0.25, 0.3) is 0 Å². The molecule has 0 bridgehead atoms. The topological polar surface area (TPSA) is 81.1 Å². The van der Waals surface area contributed by atoms with Gasteiger partial charge in [0.25, 0.3) is 5.91 Å². The van der Waals surface area contributed by atoms with E-state index in [0.717, 1.165) is 24.3 Å². The van der Waals surface area contributed by atoms with Crippen molar-refractivity contribution in [2.24, 2.45) is 5.73 Å². The van der Waals surface area contributed by atoms with Gasteiger partial charge in [0.1, 0.15) is 11.5 Å². The van der Waals surface area contributed by atoms with Gasteiger partial charge in [0.15, 0.2) is 11.6 Å². The molecule has 0 aliphatic rings. The van der Waals surface area contributed by atoms with Crippen molar-refractivity contribution in [2.45, 2.75) is 0 Å². The van der Waals surface area contributed by atoms with Gasteiger partial charge in [0, 0.05) is 10.2 Å². The van der Waals surface area contributed by atoms with E-state index < -0.39 is 29.0 Å². The van der Waals surface area contributed by atoms with Gasteiger partial charge in [-0.1, -0.05) is 15.9 Å². The van der Waals surface area contributed by atoms with Crippen molar-refractivity contribution in [3.05, 3.63) is 51.8 Å². The van der Waals surface area contributed by atoms with Gasteiger partial charge in [-0.25, -0.2) is 13.2 Å². The van der Waals surface area contributed by atoms with E-state index in [1.807, 2.05) is 0 Å². The Labute approximate surface area is 126 Å². The first kappa shape index (κ1) is 15.2. The molecular weight excluding hydrogens is 351 g/mol. The van der Waals surface area contributed by atoms with Crippen molar-refractivity contribution in [3.63, 3.8) is 0 Å². The molecule has 0 heterocycles. The van der Waals surface area contributed by atoms with E-state index in [1.54, 1.807) is 0 Å². The second-order valence-electron chi connectivity index (χ2n) is 4.15. The molecule has 2 rings (SSSR count). The van der Waals surface area contributed by atoms with Crippen LogP contribution in [0.1, 0.15) is 10.4 Å². The zero-order valence-electron chi connectivity index (χ0n) is 10.4. The molecule has 4 nitrogen and oxygen atoms in total. The maximum Gasteiger partial charge on any atom is 0.250 e. The van der Waals surface area contributed by atoms with Gasteiger partial charge < -0.3 is 16.8 Å². The first-order valence-electron chi connectivity index (χ1n) is 5.60. The Hall–Kier alpha value is -2.22. The molecule has 0 radical (unpaired) electrons. The van der Waals surface area contributed by atoms with Crippen molar-refractivity contribution in [1.82, 2.24) is 0 Å². The number of hydrogen-bond acceptors (Lipinski definition) is 3. The average Bonchev–Trinajstić information content (AvgIpc) is 2.35. The summed E-state index contributed by atoms with van der Waals surface area (Å²) in [6.07, 6.45) is 0. The molecule has 21 heavy (non-hydrogen) atoms. The van der Waals surface area contributed by atoms with E-state index in [1.165, 1.54) is 0 Å². The van der Waals surface area contributed by atoms with Gasteiger partial charge in [-0.2, -0.15) is 0 Å². The molecule has 1 amide bonds. The minimum Gasteiger partial charge on any atom is -0.398 e. The fourth-order valence-corrected chi connectivity index (χ4v) is 2.10. The maximum absolute atomic E-state index is 13.8. The number of nitrogen functional groups attached to an aromatic ring is 1. The van der Waals surface area contributed by atoms with Crippen LogP contribution >= 0.6 is 15.9 Å². The fraction of sp³-hybridized carbons (Fsp3) is 0. The summed E-state index contributed by atoms with van der Waals surface area (Å²) in [6.45, 7) is 0. The minimum absolute atomic E-state index is 0.156. The maximum atomic E-state index is 13.8. The highest BCUT2D eigenvalue weighted by Gasteiger charge is 2.16. The van der Waals surface area contributed by atoms with Crippen molar-refractivity contribution < 1.29 is 18.0 Å². The third-order valence-corrected chi connectivity index (χ3v) is 3.13. The number of carbonyl (C=O) groups is 1. The minimum atomic E-state index is -0.932. The molecule has 2 aromatic rings. The first-order valence-corrected chi connectivity index (χ1v) is 6.39. The van der Waals surface area contributed by atoms with E-state index in [-0.39, 0.29) is 21.4 Å². The molecule has 0 spiro atoms. The summed E-state index contributed by atoms with van der Waals surface area (Å²) < 4.78 is 41.4. The standard InChI is InChI=1S/C13H9BrF3N3O/c14-5-1-8(16)12(9(17)2-5)20-11-3-6(13(19)21)10(18)4-7(11)15/h1-4,20H,18H2,(H2,19,21). The summed E-state index contributed by atoms with van der Waals surface area (Å²) in [7, 11) is 0. The Morgan fingerprint density at radius 2 is 1.62 bits per heavy atom. The van der Waals surface area contributed by atoms with Crippen LogP contribution < -0.4 is 16.8 Å². The monoisotopic (exact) mass is 359 g/mol. The van der Waals surface area contributed by atoms with Gasteiger partial charge in [0.05, 0.1) is 11.3 Å². The van der Waals surface area contributed by atoms with Crippen LogP contribution in [-0.2, 0) is 0 Å². The Morgan fingerprint density at radius 3 is 2.14 bits per heavy atom. The number of anilines is 3. The zero-order valence-corrected chi connectivity index (χ0v) is 12.0. The predicted molar refractivity (Wildman–Crippen MR) is 76.7 cm³/mol. The number of primary amides is 1. The molecule has 8 heteroatoms. The summed E-state index contributed by atoms with van der Waals surface area (Å²) in [5, 5.41) is 2.25. The van der Waals surface area contributed by atoms with E-state index >= 15 is 0 Å². The van der Waals surface area contributed by atoms with E-state index in [9.17, 15) is 18.0 Å². The Balaban J connectivity index is 2.50. The van der Waals surface area contributed by atoms with Crippen LogP contribution in [0.3, 0.4) is 0 Å². The number of benzene rings is 2. The van der Waals surface area contributed by atoms with Gasteiger partial charge in [-0.3, -0.25) is 4.79 Å². The van der Waals surface area contributed by atoms with Crippen LogP contribution in [0.15, 0.2) is 28.7 Å². The lowest BCUT2D eigenvalue weighted by Crippen LogP contribution is -2.14. The van der Waals surface area contributed by atoms with Crippen LogP contribution in [0.2, 0.25) is 0 Å². The molecule has 0 unspecified atom stereocenters. The molecule has 110 valence electrons. The highest BCUT2D eigenvalue weighted by atomic mass is 79.9. The summed E-state index contributed by atoms with van der Waals surface area (Å²) in [5.74, 6) is -3.62. The molecule has 0 aromatic heterocycles. The van der Waals surface area contributed by atoms with Crippen molar-refractivity contribution in [3.8, 4) is 0 Å². The zero-order chi connectivity index (χ0) is 15.7. The number of nitrogens with two attached hydrogens (primary N) is 2. The normalized spacial score (nSPS) is 10.5. The smallest absolute Gasteiger partial charge is 0.250 e. The van der Waals surface area contributed by atoms with Gasteiger partial charge in [-0.05, 0) is 24.3 Å². The fourth-order valence-electron chi connectivity index (χ4n) is 1.69. The lowest BCUT2D eigenvalue weighted by atomic mass is 10.1. The van der Waals surface area contributed by atoms with Gasteiger partial charge in [-0.15, -0.1) is 0 Å². The summed E-state index contributed by atoms with van der Waals surface area (Å²) in [4.78, 5) is 11.2. The number of rotatable bonds is 3. The SMILES string of the molecule is NC(=O)c1cc(Nc2c(F)cc(Br)cc2F)c(F)cc1N. The molecule has 0 fully saturated rings. The quantitative estimate of drug-likeness (QED) is 0.735. The molecular formula is C13H9BrF3N3O. The van der Waals surface area contributed by atoms with Crippen molar-refractivity contribution in [1.29, 1.82) is 0 Å². The lowest BCUT2D eigenvalue weighted by Gasteiger charge is -2.12. The van der Waals surface area contributed by atoms with Crippen LogP contribution in [0.4, 0.5) is 30.2 Å². The average molecular weight is 360 g/mol. The predicted octanol–water partition coefficient (Wildman–Crippen LogP) is 3.29. The van der Waals surface area contributed by atoms with Crippen LogP contribution in [0, 0.1) is 17.5 Å². The number of carbonyl (C=O) groups excluding carboxylic acids is 1. The number of nitrogens with one attached hydrogen (secondary N) is 1. The van der Waals surface area contributed by atoms with Crippen LogP contribution in [-0.4, -0.2) is 5.91 Å². The largest absolute Gasteiger partial charge is 0.398 e. The Kier molecular flexibility index (Phi) is 4.08.